The maximum absolute atomic E-state index is 12.7. The molecule has 2 N–H and O–H groups in total. The molecule has 0 atom stereocenters. The first-order valence-electron chi connectivity index (χ1n) is 10.5. The van der Waals surface area contributed by atoms with Gasteiger partial charge in [0.25, 0.3) is 0 Å². The summed E-state index contributed by atoms with van der Waals surface area (Å²) in [6.45, 7) is 2.68. The van der Waals surface area contributed by atoms with Gasteiger partial charge in [0, 0.05) is 44.4 Å². The number of nitrogens with one attached hydrogen (secondary N) is 2. The van der Waals surface area contributed by atoms with E-state index in [2.05, 4.69) is 20.5 Å². The second-order valence-electron chi connectivity index (χ2n) is 9.59. The Balaban J connectivity index is 1.07. The van der Waals surface area contributed by atoms with Gasteiger partial charge in [-0.05, 0) is 38.0 Å². The van der Waals surface area contributed by atoms with Crippen molar-refractivity contribution in [3.63, 3.8) is 0 Å². The van der Waals surface area contributed by atoms with Crippen LogP contribution in [0.25, 0.3) is 0 Å². The van der Waals surface area contributed by atoms with Crippen LogP contribution in [0.4, 0.5) is 18.0 Å². The van der Waals surface area contributed by atoms with Crippen molar-refractivity contribution < 1.29 is 22.8 Å². The van der Waals surface area contributed by atoms with E-state index < -0.39 is 12.0 Å². The van der Waals surface area contributed by atoms with Crippen LogP contribution >= 0.6 is 0 Å². The molecule has 0 radical (unpaired) electrons. The number of carbonyl (C=O) groups is 2. The number of hydrogen-bond acceptors (Lipinski definition) is 4. The van der Waals surface area contributed by atoms with Crippen LogP contribution in [0.2, 0.25) is 0 Å². The normalized spacial score (nSPS) is 25.4. The van der Waals surface area contributed by atoms with Gasteiger partial charge in [0.15, 0.2) is 0 Å². The quantitative estimate of drug-likeness (QED) is 0.756. The van der Waals surface area contributed by atoms with Crippen molar-refractivity contribution in [1.29, 1.82) is 0 Å². The van der Waals surface area contributed by atoms with E-state index in [-0.39, 0.29) is 28.8 Å². The highest BCUT2D eigenvalue weighted by Gasteiger charge is 2.53. The Hall–Kier alpha value is -2.33. The molecule has 4 fully saturated rings. The highest BCUT2D eigenvalue weighted by Crippen LogP contribution is 2.47. The number of H-pyrrole nitrogens is 1. The molecule has 4 heterocycles. The average molecular weight is 426 g/mol. The summed E-state index contributed by atoms with van der Waals surface area (Å²) >= 11 is 0. The van der Waals surface area contributed by atoms with Crippen LogP contribution < -0.4 is 5.32 Å². The standard InChI is InChI=1S/C19H25F3N6O2/c20-19(21,22)15-23-13(25-26-15)7-12-1-4-17(5-2-12)8-27(9-17)16(30)28-10-18(11-28)6-3-14(29)24-18/h12H,1-11H2,(H,24,29)(H,23,25,26). The fraction of sp³-hybridized carbons (Fsp3) is 0.789. The molecule has 2 spiro atoms. The predicted octanol–water partition coefficient (Wildman–Crippen LogP) is 1.94. The van der Waals surface area contributed by atoms with E-state index in [1.54, 1.807) is 0 Å². The maximum Gasteiger partial charge on any atom is 0.451 e. The Kier molecular flexibility index (Phi) is 4.31. The second kappa shape index (κ2) is 6.58. The van der Waals surface area contributed by atoms with Crippen LogP contribution in [0.5, 0.6) is 0 Å². The number of rotatable bonds is 2. The van der Waals surface area contributed by atoms with Crippen LogP contribution in [0.15, 0.2) is 0 Å². The molecular weight excluding hydrogens is 401 g/mol. The van der Waals surface area contributed by atoms with Crippen LogP contribution in [0.3, 0.4) is 0 Å². The van der Waals surface area contributed by atoms with E-state index in [1.165, 1.54) is 0 Å². The number of halogens is 3. The zero-order chi connectivity index (χ0) is 21.1. The highest BCUT2D eigenvalue weighted by molar-refractivity contribution is 5.82. The first kappa shape index (κ1) is 19.6. The predicted molar refractivity (Wildman–Crippen MR) is 98.1 cm³/mol. The van der Waals surface area contributed by atoms with Gasteiger partial charge in [0.05, 0.1) is 5.54 Å². The fourth-order valence-electron chi connectivity index (χ4n) is 5.53. The summed E-state index contributed by atoms with van der Waals surface area (Å²) in [7, 11) is 0. The van der Waals surface area contributed by atoms with Crippen molar-refractivity contribution >= 4 is 11.9 Å². The summed E-state index contributed by atoms with van der Waals surface area (Å²) in [4.78, 5) is 30.1. The number of aromatic nitrogens is 3. The molecule has 0 unspecified atom stereocenters. The molecule has 1 aromatic rings. The summed E-state index contributed by atoms with van der Waals surface area (Å²) < 4.78 is 37.9. The summed E-state index contributed by atoms with van der Waals surface area (Å²) in [5.41, 5.74) is -0.0467. The van der Waals surface area contributed by atoms with E-state index >= 15 is 0 Å². The van der Waals surface area contributed by atoms with Gasteiger partial charge in [-0.25, -0.2) is 4.79 Å². The van der Waals surface area contributed by atoms with Gasteiger partial charge in [0.2, 0.25) is 11.7 Å². The van der Waals surface area contributed by atoms with E-state index in [4.69, 9.17) is 0 Å². The van der Waals surface area contributed by atoms with Crippen molar-refractivity contribution in [3.05, 3.63) is 11.6 Å². The van der Waals surface area contributed by atoms with Crippen molar-refractivity contribution in [2.45, 2.75) is 56.7 Å². The zero-order valence-electron chi connectivity index (χ0n) is 16.6. The molecule has 3 amide bonds. The molecule has 3 aliphatic heterocycles. The molecule has 5 rings (SSSR count). The third-order valence-corrected chi connectivity index (χ3v) is 7.27. The molecule has 3 saturated heterocycles. The van der Waals surface area contributed by atoms with Gasteiger partial charge < -0.3 is 20.1 Å². The van der Waals surface area contributed by atoms with Crippen LogP contribution in [0, 0.1) is 11.3 Å². The van der Waals surface area contributed by atoms with Crippen molar-refractivity contribution in [2.24, 2.45) is 11.3 Å². The Morgan fingerprint density at radius 3 is 2.30 bits per heavy atom. The minimum Gasteiger partial charge on any atom is -0.347 e. The molecule has 0 aromatic carbocycles. The molecule has 4 aliphatic rings. The molecular formula is C19H25F3N6O2. The van der Waals surface area contributed by atoms with E-state index in [9.17, 15) is 22.8 Å². The van der Waals surface area contributed by atoms with E-state index in [0.29, 0.717) is 31.8 Å². The van der Waals surface area contributed by atoms with Crippen molar-refractivity contribution in [2.75, 3.05) is 26.2 Å². The minimum atomic E-state index is -4.50. The lowest BCUT2D eigenvalue weighted by atomic mass is 9.65. The van der Waals surface area contributed by atoms with Crippen molar-refractivity contribution in [1.82, 2.24) is 30.3 Å². The number of amides is 3. The Morgan fingerprint density at radius 2 is 1.73 bits per heavy atom. The number of nitrogens with zero attached hydrogens (tertiary/aromatic N) is 4. The highest BCUT2D eigenvalue weighted by atomic mass is 19.4. The van der Waals surface area contributed by atoms with Crippen LogP contribution in [-0.2, 0) is 17.4 Å². The van der Waals surface area contributed by atoms with Gasteiger partial charge in [-0.2, -0.15) is 13.2 Å². The molecule has 8 nitrogen and oxygen atoms in total. The van der Waals surface area contributed by atoms with Crippen LogP contribution in [0.1, 0.15) is 50.2 Å². The molecule has 1 aliphatic carbocycles. The number of urea groups is 1. The van der Waals surface area contributed by atoms with Gasteiger partial charge in [-0.3, -0.25) is 4.79 Å². The number of aromatic amines is 1. The number of likely N-dealkylation sites (tertiary alicyclic amines) is 2. The topological polar surface area (TPSA) is 94.2 Å². The Bertz CT molecular complexity index is 847. The molecule has 1 aromatic heterocycles. The first-order valence-corrected chi connectivity index (χ1v) is 10.5. The third-order valence-electron chi connectivity index (χ3n) is 7.27. The Labute approximate surface area is 171 Å². The maximum atomic E-state index is 12.7. The van der Waals surface area contributed by atoms with Gasteiger partial charge >= 0.3 is 12.2 Å². The zero-order valence-corrected chi connectivity index (χ0v) is 16.6. The second-order valence-corrected chi connectivity index (χ2v) is 9.59. The van der Waals surface area contributed by atoms with E-state index in [0.717, 1.165) is 45.2 Å². The first-order chi connectivity index (χ1) is 14.2. The number of carbonyl (C=O) groups excluding carboxylic acids is 2. The summed E-state index contributed by atoms with van der Waals surface area (Å²) in [5, 5.41) is 9.83. The third kappa shape index (κ3) is 3.41. The SMILES string of the molecule is O=C1CCC2(CN(C(=O)N3CC4(CCC(Cc5nnc(C(F)(F)F)[nH]5)CC4)C3)C2)N1. The summed E-state index contributed by atoms with van der Waals surface area (Å²) in [6.07, 6.45) is 1.11. The van der Waals surface area contributed by atoms with Crippen molar-refractivity contribution in [3.8, 4) is 0 Å². The summed E-state index contributed by atoms with van der Waals surface area (Å²) in [5.74, 6) is -0.389. The number of alkyl halides is 3. The van der Waals surface area contributed by atoms with Gasteiger partial charge in [0.1, 0.15) is 5.82 Å². The molecule has 0 bridgehead atoms. The van der Waals surface area contributed by atoms with Gasteiger partial charge in [-0.15, -0.1) is 10.2 Å². The average Bonchev–Trinajstić information content (AvgIpc) is 3.25. The number of hydrogen-bond donors (Lipinski definition) is 2. The monoisotopic (exact) mass is 426 g/mol. The summed E-state index contributed by atoms with van der Waals surface area (Å²) in [6, 6.07) is 0.0517. The Morgan fingerprint density at radius 1 is 1.07 bits per heavy atom. The van der Waals surface area contributed by atoms with Gasteiger partial charge in [-0.1, -0.05) is 0 Å². The lowest BCUT2D eigenvalue weighted by Gasteiger charge is -2.57. The van der Waals surface area contributed by atoms with Crippen LogP contribution in [-0.4, -0.2) is 68.6 Å². The molecule has 1 saturated carbocycles. The lowest BCUT2D eigenvalue weighted by Crippen LogP contribution is -2.72. The largest absolute Gasteiger partial charge is 0.451 e. The molecule has 164 valence electrons. The van der Waals surface area contributed by atoms with E-state index in [1.807, 2.05) is 9.80 Å². The molecule has 30 heavy (non-hydrogen) atoms. The lowest BCUT2D eigenvalue weighted by molar-refractivity contribution is -0.144. The minimum absolute atomic E-state index is 0.0517. The fourth-order valence-corrected chi connectivity index (χ4v) is 5.53. The molecule has 11 heteroatoms. The smallest absolute Gasteiger partial charge is 0.347 e.